The SMILES string of the molecule is COc1cc(Br)c(O)c(CNC[C@H](C)O)c1. The first kappa shape index (κ1) is 13.3. The van der Waals surface area contributed by atoms with Crippen LogP contribution < -0.4 is 10.1 Å². The van der Waals surface area contributed by atoms with Gasteiger partial charge in [0.1, 0.15) is 11.5 Å². The van der Waals surface area contributed by atoms with Crippen LogP contribution in [0.1, 0.15) is 12.5 Å². The van der Waals surface area contributed by atoms with Crippen molar-refractivity contribution in [2.75, 3.05) is 13.7 Å². The fourth-order valence-corrected chi connectivity index (χ4v) is 1.78. The molecule has 1 rings (SSSR count). The Labute approximate surface area is 103 Å². The van der Waals surface area contributed by atoms with E-state index < -0.39 is 6.10 Å². The number of rotatable bonds is 5. The molecule has 0 radical (unpaired) electrons. The Balaban J connectivity index is 2.74. The summed E-state index contributed by atoms with van der Waals surface area (Å²) in [5.74, 6) is 0.873. The molecule has 0 bridgehead atoms. The lowest BCUT2D eigenvalue weighted by molar-refractivity contribution is 0.191. The molecule has 0 aliphatic carbocycles. The molecular weight excluding hydrogens is 274 g/mol. The standard InChI is InChI=1S/C11H16BrNO3/c1-7(14)5-13-6-8-3-9(16-2)4-10(12)11(8)15/h3-4,7,13-15H,5-6H2,1-2H3/t7-/m0/s1. The van der Waals surface area contributed by atoms with E-state index in [0.29, 0.717) is 23.3 Å². The van der Waals surface area contributed by atoms with Crippen LogP contribution in [0.3, 0.4) is 0 Å². The van der Waals surface area contributed by atoms with Gasteiger partial charge < -0.3 is 20.3 Å². The zero-order chi connectivity index (χ0) is 12.1. The molecule has 0 saturated heterocycles. The van der Waals surface area contributed by atoms with Crippen molar-refractivity contribution in [3.8, 4) is 11.5 Å². The number of halogens is 1. The van der Waals surface area contributed by atoms with Gasteiger partial charge in [-0.1, -0.05) is 0 Å². The van der Waals surface area contributed by atoms with Crippen LogP contribution in [0.4, 0.5) is 0 Å². The van der Waals surface area contributed by atoms with Gasteiger partial charge in [0, 0.05) is 18.7 Å². The first-order chi connectivity index (χ1) is 7.54. The van der Waals surface area contributed by atoms with Crippen LogP contribution in [0.25, 0.3) is 0 Å². The van der Waals surface area contributed by atoms with Gasteiger partial charge in [-0.3, -0.25) is 0 Å². The van der Waals surface area contributed by atoms with Crippen LogP contribution >= 0.6 is 15.9 Å². The fraction of sp³-hybridized carbons (Fsp3) is 0.455. The third-order valence-corrected chi connectivity index (χ3v) is 2.71. The number of ether oxygens (including phenoxy) is 1. The fourth-order valence-electron chi connectivity index (χ4n) is 1.30. The predicted octanol–water partition coefficient (Wildman–Crippen LogP) is 1.63. The van der Waals surface area contributed by atoms with E-state index in [4.69, 9.17) is 9.84 Å². The number of aliphatic hydroxyl groups is 1. The van der Waals surface area contributed by atoms with Crippen LogP contribution in [-0.4, -0.2) is 30.0 Å². The summed E-state index contributed by atoms with van der Waals surface area (Å²) in [5, 5.41) is 21.9. The Morgan fingerprint density at radius 3 is 2.75 bits per heavy atom. The summed E-state index contributed by atoms with van der Waals surface area (Å²) in [6.45, 7) is 2.66. The van der Waals surface area contributed by atoms with Crippen molar-refractivity contribution in [3.05, 3.63) is 22.2 Å². The monoisotopic (exact) mass is 289 g/mol. The van der Waals surface area contributed by atoms with Crippen molar-refractivity contribution >= 4 is 15.9 Å². The first-order valence-electron chi connectivity index (χ1n) is 4.98. The van der Waals surface area contributed by atoms with Crippen molar-refractivity contribution in [1.29, 1.82) is 0 Å². The smallest absolute Gasteiger partial charge is 0.134 e. The molecule has 3 N–H and O–H groups in total. The molecule has 1 aromatic rings. The number of hydrogen-bond acceptors (Lipinski definition) is 4. The molecule has 0 unspecified atom stereocenters. The highest BCUT2D eigenvalue weighted by Crippen LogP contribution is 2.32. The zero-order valence-electron chi connectivity index (χ0n) is 9.33. The summed E-state index contributed by atoms with van der Waals surface area (Å²) in [4.78, 5) is 0. The van der Waals surface area contributed by atoms with Gasteiger partial charge in [0.15, 0.2) is 0 Å². The molecule has 4 nitrogen and oxygen atoms in total. The van der Waals surface area contributed by atoms with Crippen LogP contribution in [0, 0.1) is 0 Å². The predicted molar refractivity (Wildman–Crippen MR) is 65.7 cm³/mol. The number of nitrogens with one attached hydrogen (secondary N) is 1. The van der Waals surface area contributed by atoms with Crippen molar-refractivity contribution in [1.82, 2.24) is 5.32 Å². The van der Waals surface area contributed by atoms with Crippen molar-refractivity contribution < 1.29 is 14.9 Å². The topological polar surface area (TPSA) is 61.7 Å². The van der Waals surface area contributed by atoms with E-state index in [9.17, 15) is 5.11 Å². The summed E-state index contributed by atoms with van der Waals surface area (Å²) >= 11 is 3.25. The zero-order valence-corrected chi connectivity index (χ0v) is 10.9. The van der Waals surface area contributed by atoms with E-state index in [0.717, 1.165) is 5.56 Å². The van der Waals surface area contributed by atoms with Crippen LogP contribution in [0.5, 0.6) is 11.5 Å². The first-order valence-corrected chi connectivity index (χ1v) is 5.78. The van der Waals surface area contributed by atoms with Gasteiger partial charge in [0.25, 0.3) is 0 Å². The van der Waals surface area contributed by atoms with E-state index in [1.807, 2.05) is 0 Å². The molecule has 0 aromatic heterocycles. The number of phenols is 1. The molecule has 16 heavy (non-hydrogen) atoms. The molecule has 5 heteroatoms. The molecule has 0 spiro atoms. The van der Waals surface area contributed by atoms with Crippen molar-refractivity contribution in [2.24, 2.45) is 0 Å². The third kappa shape index (κ3) is 3.66. The molecule has 1 atom stereocenters. The molecule has 90 valence electrons. The highest BCUT2D eigenvalue weighted by molar-refractivity contribution is 9.10. The second-order valence-electron chi connectivity index (χ2n) is 3.60. The largest absolute Gasteiger partial charge is 0.506 e. The number of benzene rings is 1. The third-order valence-electron chi connectivity index (χ3n) is 2.11. The Bertz CT molecular complexity index is 355. The molecule has 0 aliphatic rings. The molecule has 0 amide bonds. The Kier molecular flexibility index (Phi) is 5.05. The summed E-state index contributed by atoms with van der Waals surface area (Å²) in [6.07, 6.45) is -0.406. The summed E-state index contributed by atoms with van der Waals surface area (Å²) < 4.78 is 5.70. The minimum atomic E-state index is -0.406. The van der Waals surface area contributed by atoms with E-state index >= 15 is 0 Å². The summed E-state index contributed by atoms with van der Waals surface area (Å²) in [5.41, 5.74) is 0.729. The summed E-state index contributed by atoms with van der Waals surface area (Å²) in [7, 11) is 1.58. The average molecular weight is 290 g/mol. The van der Waals surface area contributed by atoms with Crippen LogP contribution in [0.2, 0.25) is 0 Å². The number of aromatic hydroxyl groups is 1. The Hall–Kier alpha value is -0.780. The lowest BCUT2D eigenvalue weighted by Gasteiger charge is -2.11. The number of hydrogen-bond donors (Lipinski definition) is 3. The van der Waals surface area contributed by atoms with E-state index in [1.165, 1.54) is 0 Å². The summed E-state index contributed by atoms with van der Waals surface area (Å²) in [6, 6.07) is 3.46. The molecule has 0 fully saturated rings. The van der Waals surface area contributed by atoms with E-state index in [-0.39, 0.29) is 5.75 Å². The van der Waals surface area contributed by atoms with Gasteiger partial charge in [-0.25, -0.2) is 0 Å². The van der Waals surface area contributed by atoms with E-state index in [2.05, 4.69) is 21.2 Å². The molecule has 0 saturated carbocycles. The molecule has 0 aliphatic heterocycles. The highest BCUT2D eigenvalue weighted by Gasteiger charge is 2.08. The maximum atomic E-state index is 9.78. The van der Waals surface area contributed by atoms with E-state index in [1.54, 1.807) is 26.2 Å². The lowest BCUT2D eigenvalue weighted by atomic mass is 10.2. The normalized spacial score (nSPS) is 12.5. The van der Waals surface area contributed by atoms with Gasteiger partial charge in [0.05, 0.1) is 17.7 Å². The molecule has 0 heterocycles. The van der Waals surface area contributed by atoms with Gasteiger partial charge in [-0.2, -0.15) is 0 Å². The molecular formula is C11H16BrNO3. The second-order valence-corrected chi connectivity index (χ2v) is 4.45. The van der Waals surface area contributed by atoms with Crippen LogP contribution in [0.15, 0.2) is 16.6 Å². The minimum Gasteiger partial charge on any atom is -0.506 e. The number of aliphatic hydroxyl groups excluding tert-OH is 1. The maximum Gasteiger partial charge on any atom is 0.134 e. The van der Waals surface area contributed by atoms with Crippen molar-refractivity contribution in [2.45, 2.75) is 19.6 Å². The average Bonchev–Trinajstić information content (AvgIpc) is 2.23. The highest BCUT2D eigenvalue weighted by atomic mass is 79.9. The quantitative estimate of drug-likeness (QED) is 0.771. The van der Waals surface area contributed by atoms with Gasteiger partial charge in [-0.05, 0) is 35.0 Å². The number of phenolic OH excluding ortho intramolecular Hbond substituents is 1. The Morgan fingerprint density at radius 1 is 1.50 bits per heavy atom. The number of methoxy groups -OCH3 is 1. The van der Waals surface area contributed by atoms with Gasteiger partial charge >= 0.3 is 0 Å². The Morgan fingerprint density at radius 2 is 2.19 bits per heavy atom. The maximum absolute atomic E-state index is 9.78. The van der Waals surface area contributed by atoms with Crippen LogP contribution in [-0.2, 0) is 6.54 Å². The lowest BCUT2D eigenvalue weighted by Crippen LogP contribution is -2.23. The molecule has 1 aromatic carbocycles. The van der Waals surface area contributed by atoms with Gasteiger partial charge in [0.2, 0.25) is 0 Å². The minimum absolute atomic E-state index is 0.193. The second kappa shape index (κ2) is 6.08. The van der Waals surface area contributed by atoms with Crippen molar-refractivity contribution in [3.63, 3.8) is 0 Å². The van der Waals surface area contributed by atoms with Gasteiger partial charge in [-0.15, -0.1) is 0 Å².